The van der Waals surface area contributed by atoms with E-state index in [1.165, 1.54) is 0 Å². The molecule has 1 rings (SSSR count). The molecule has 1 aromatic carbocycles. The zero-order valence-electron chi connectivity index (χ0n) is 19.6. The van der Waals surface area contributed by atoms with Crippen molar-refractivity contribution >= 4 is 14.4 Å². The van der Waals surface area contributed by atoms with Crippen molar-refractivity contribution in [1.29, 1.82) is 0 Å². The first kappa shape index (κ1) is 25.5. The summed E-state index contributed by atoms with van der Waals surface area (Å²) in [5, 5.41) is 6.40. The van der Waals surface area contributed by atoms with E-state index in [1.807, 2.05) is 45.0 Å². The summed E-state index contributed by atoms with van der Waals surface area (Å²) in [6.07, 6.45) is -0.557. The van der Waals surface area contributed by atoms with E-state index < -0.39 is 20.0 Å². The molecule has 0 bridgehead atoms. The van der Waals surface area contributed by atoms with E-state index in [2.05, 4.69) is 44.5 Å². The summed E-state index contributed by atoms with van der Waals surface area (Å²) in [6.45, 7) is 18.4. The van der Waals surface area contributed by atoms with E-state index in [1.54, 1.807) is 7.11 Å². The summed E-state index contributed by atoms with van der Waals surface area (Å²) in [6, 6.07) is 7.97. The fourth-order valence-electron chi connectivity index (χ4n) is 2.38. The number of rotatable bonds is 9. The quantitative estimate of drug-likeness (QED) is 0.562. The molecule has 6 nitrogen and oxygen atoms in total. The predicted octanol–water partition coefficient (Wildman–Crippen LogP) is 4.70. The molecule has 1 aromatic rings. The van der Waals surface area contributed by atoms with Crippen LogP contribution in [0.1, 0.15) is 47.1 Å². The van der Waals surface area contributed by atoms with Crippen molar-refractivity contribution in [3.63, 3.8) is 0 Å². The van der Waals surface area contributed by atoms with Crippen molar-refractivity contribution < 1.29 is 18.7 Å². The SMILES string of the molecule is COc1ccc(CNC[C@H](CNC(=O)OC(C)(C)C)O[Si](C)(C)C(C)(C)C)cc1. The van der Waals surface area contributed by atoms with Crippen LogP contribution in [0.25, 0.3) is 0 Å². The van der Waals surface area contributed by atoms with Crippen LogP contribution in [-0.2, 0) is 15.7 Å². The van der Waals surface area contributed by atoms with E-state index in [-0.39, 0.29) is 11.1 Å². The van der Waals surface area contributed by atoms with E-state index in [9.17, 15) is 4.79 Å². The van der Waals surface area contributed by atoms with Gasteiger partial charge >= 0.3 is 6.09 Å². The lowest BCUT2D eigenvalue weighted by Crippen LogP contribution is -2.50. The van der Waals surface area contributed by atoms with Crippen LogP contribution in [0.4, 0.5) is 4.79 Å². The summed E-state index contributed by atoms with van der Waals surface area (Å²) in [5.41, 5.74) is 0.643. The van der Waals surface area contributed by atoms with Gasteiger partial charge in [0.15, 0.2) is 8.32 Å². The zero-order chi connectivity index (χ0) is 22.3. The number of nitrogens with one attached hydrogen (secondary N) is 2. The molecule has 1 amide bonds. The number of carbonyl (C=O) groups excluding carboxylic acids is 1. The Morgan fingerprint density at radius 1 is 1.03 bits per heavy atom. The summed E-state index contributed by atoms with van der Waals surface area (Å²) in [5.74, 6) is 0.842. The van der Waals surface area contributed by atoms with Gasteiger partial charge in [0.2, 0.25) is 0 Å². The molecule has 0 saturated heterocycles. The lowest BCUT2D eigenvalue weighted by atomic mass is 10.2. The molecule has 0 aliphatic heterocycles. The summed E-state index contributed by atoms with van der Waals surface area (Å²) in [7, 11) is -0.317. The molecule has 0 spiro atoms. The van der Waals surface area contributed by atoms with Crippen molar-refractivity contribution in [2.45, 2.75) is 77.9 Å². The van der Waals surface area contributed by atoms with Gasteiger partial charge in [0, 0.05) is 19.6 Å². The number of alkyl carbamates (subject to hydrolysis) is 1. The standard InChI is InChI=1S/C22H40N2O4Si/c1-21(2,3)27-20(25)24-16-19(28-29(8,9)22(4,5)6)15-23-14-17-10-12-18(26-7)13-11-17/h10-13,19,23H,14-16H2,1-9H3,(H,24,25)/t19-/m1/s1. The Labute approximate surface area is 177 Å². The van der Waals surface area contributed by atoms with Gasteiger partial charge in [-0.05, 0) is 56.6 Å². The van der Waals surface area contributed by atoms with Gasteiger partial charge in [0.25, 0.3) is 0 Å². The summed E-state index contributed by atoms with van der Waals surface area (Å²) < 4.78 is 17.1. The molecule has 0 aliphatic rings. The van der Waals surface area contributed by atoms with Gasteiger partial charge in [0.1, 0.15) is 11.4 Å². The van der Waals surface area contributed by atoms with Crippen LogP contribution in [0, 0.1) is 0 Å². The molecule has 1 atom stereocenters. The maximum absolute atomic E-state index is 12.1. The van der Waals surface area contributed by atoms with Crippen LogP contribution in [0.15, 0.2) is 24.3 Å². The number of hydrogen-bond acceptors (Lipinski definition) is 5. The molecule has 166 valence electrons. The Hall–Kier alpha value is -1.57. The van der Waals surface area contributed by atoms with Gasteiger partial charge in [0.05, 0.1) is 13.2 Å². The molecular weight excluding hydrogens is 384 g/mol. The van der Waals surface area contributed by atoms with E-state index >= 15 is 0 Å². The van der Waals surface area contributed by atoms with Gasteiger partial charge in [-0.1, -0.05) is 32.9 Å². The lowest BCUT2D eigenvalue weighted by molar-refractivity contribution is 0.0496. The molecule has 0 aromatic heterocycles. The van der Waals surface area contributed by atoms with Gasteiger partial charge in [-0.3, -0.25) is 0 Å². The van der Waals surface area contributed by atoms with Crippen LogP contribution in [0.2, 0.25) is 18.1 Å². The number of amides is 1. The van der Waals surface area contributed by atoms with Gasteiger partial charge < -0.3 is 24.5 Å². The minimum Gasteiger partial charge on any atom is -0.497 e. The van der Waals surface area contributed by atoms with Crippen molar-refractivity contribution in [3.05, 3.63) is 29.8 Å². The number of benzene rings is 1. The third kappa shape index (κ3) is 9.65. The number of carbonyl (C=O) groups is 1. The highest BCUT2D eigenvalue weighted by atomic mass is 28.4. The smallest absolute Gasteiger partial charge is 0.407 e. The van der Waals surface area contributed by atoms with Crippen molar-refractivity contribution in [3.8, 4) is 5.75 Å². The zero-order valence-corrected chi connectivity index (χ0v) is 20.6. The van der Waals surface area contributed by atoms with E-state index in [4.69, 9.17) is 13.9 Å². The molecular formula is C22H40N2O4Si. The Balaban J connectivity index is 2.69. The van der Waals surface area contributed by atoms with E-state index in [0.717, 1.165) is 11.3 Å². The first-order chi connectivity index (χ1) is 13.2. The second kappa shape index (κ2) is 10.5. The Bertz CT molecular complexity index is 634. The largest absolute Gasteiger partial charge is 0.497 e. The fourth-order valence-corrected chi connectivity index (χ4v) is 3.73. The maximum atomic E-state index is 12.1. The number of methoxy groups -OCH3 is 1. The number of ether oxygens (including phenoxy) is 2. The van der Waals surface area contributed by atoms with Gasteiger partial charge in [-0.25, -0.2) is 4.79 Å². The van der Waals surface area contributed by atoms with Crippen LogP contribution in [-0.4, -0.2) is 46.3 Å². The molecule has 7 heteroatoms. The minimum absolute atomic E-state index is 0.0904. The van der Waals surface area contributed by atoms with Crippen LogP contribution in [0.3, 0.4) is 0 Å². The predicted molar refractivity (Wildman–Crippen MR) is 121 cm³/mol. The molecule has 0 unspecified atom stereocenters. The first-order valence-corrected chi connectivity index (χ1v) is 13.1. The molecule has 29 heavy (non-hydrogen) atoms. The van der Waals surface area contributed by atoms with Crippen molar-refractivity contribution in [2.24, 2.45) is 0 Å². The average Bonchev–Trinajstić information content (AvgIpc) is 2.57. The maximum Gasteiger partial charge on any atom is 0.407 e. The second-order valence-corrected chi connectivity index (χ2v) is 14.6. The fraction of sp³-hybridized carbons (Fsp3) is 0.682. The third-order valence-electron chi connectivity index (χ3n) is 5.00. The van der Waals surface area contributed by atoms with Gasteiger partial charge in [-0.2, -0.15) is 0 Å². The molecule has 0 saturated carbocycles. The van der Waals surface area contributed by atoms with Crippen LogP contribution < -0.4 is 15.4 Å². The molecule has 2 N–H and O–H groups in total. The van der Waals surface area contributed by atoms with Crippen LogP contribution in [0.5, 0.6) is 5.75 Å². The lowest BCUT2D eigenvalue weighted by Gasteiger charge is -2.39. The second-order valence-electron chi connectivity index (χ2n) is 9.86. The average molecular weight is 425 g/mol. The van der Waals surface area contributed by atoms with Gasteiger partial charge in [-0.15, -0.1) is 0 Å². The highest BCUT2D eigenvalue weighted by molar-refractivity contribution is 6.74. The highest BCUT2D eigenvalue weighted by Gasteiger charge is 2.39. The Morgan fingerprint density at radius 3 is 2.10 bits per heavy atom. The van der Waals surface area contributed by atoms with Crippen molar-refractivity contribution in [2.75, 3.05) is 20.2 Å². The summed E-state index contributed by atoms with van der Waals surface area (Å²) >= 11 is 0. The van der Waals surface area contributed by atoms with E-state index in [0.29, 0.717) is 19.6 Å². The number of hydrogen-bond donors (Lipinski definition) is 2. The highest BCUT2D eigenvalue weighted by Crippen LogP contribution is 2.37. The first-order valence-electron chi connectivity index (χ1n) is 10.2. The monoisotopic (exact) mass is 424 g/mol. The minimum atomic E-state index is -1.98. The van der Waals surface area contributed by atoms with Crippen molar-refractivity contribution in [1.82, 2.24) is 10.6 Å². The topological polar surface area (TPSA) is 68.8 Å². The molecule has 0 fully saturated rings. The van der Waals surface area contributed by atoms with Crippen LogP contribution >= 0.6 is 0 Å². The third-order valence-corrected chi connectivity index (χ3v) is 9.54. The Kier molecular flexibility index (Phi) is 9.18. The normalized spacial score (nSPS) is 13.7. The summed E-state index contributed by atoms with van der Waals surface area (Å²) in [4.78, 5) is 12.1. The molecule has 0 heterocycles. The molecule has 0 aliphatic carbocycles. The Morgan fingerprint density at radius 2 is 1.62 bits per heavy atom. The molecule has 0 radical (unpaired) electrons.